The fourth-order valence-electron chi connectivity index (χ4n) is 3.24. The van der Waals surface area contributed by atoms with Crippen molar-refractivity contribution in [3.8, 4) is 0 Å². The number of likely N-dealkylation sites (tertiary alicyclic amines) is 1. The molecule has 1 N–H and O–H groups in total. The molecule has 2 aromatic carbocycles. The standard InChI is InChI=1S/C21H21ClN2O3/c1-14(25)16-4-2-6-19(12-16)23-21(27)24-11-3-5-17(13-24)20(26)15-7-9-18(22)10-8-15/h2,4,6-10,12,17H,3,5,11,13H2,1H3,(H,23,27)/t17-/m1/s1. The Morgan fingerprint density at radius 2 is 1.81 bits per heavy atom. The molecule has 0 bridgehead atoms. The molecule has 1 fully saturated rings. The number of piperidine rings is 1. The number of rotatable bonds is 4. The van der Waals surface area contributed by atoms with Gasteiger partial charge in [0, 0.05) is 40.8 Å². The normalized spacial score (nSPS) is 16.7. The molecule has 0 unspecified atom stereocenters. The molecule has 1 atom stereocenters. The van der Waals surface area contributed by atoms with Crippen LogP contribution in [0.4, 0.5) is 10.5 Å². The summed E-state index contributed by atoms with van der Waals surface area (Å²) in [4.78, 5) is 38.5. The van der Waals surface area contributed by atoms with Gasteiger partial charge in [0.05, 0.1) is 0 Å². The van der Waals surface area contributed by atoms with Gasteiger partial charge in [-0.15, -0.1) is 0 Å². The fourth-order valence-corrected chi connectivity index (χ4v) is 3.37. The van der Waals surface area contributed by atoms with Crippen LogP contribution in [0.1, 0.15) is 40.5 Å². The summed E-state index contributed by atoms with van der Waals surface area (Å²) in [6, 6.07) is 13.4. The summed E-state index contributed by atoms with van der Waals surface area (Å²) in [6.07, 6.45) is 1.52. The van der Waals surface area contributed by atoms with Crippen molar-refractivity contribution in [2.24, 2.45) is 5.92 Å². The van der Waals surface area contributed by atoms with E-state index in [9.17, 15) is 14.4 Å². The minimum Gasteiger partial charge on any atom is -0.324 e. The molecule has 0 radical (unpaired) electrons. The fraction of sp³-hybridized carbons (Fsp3) is 0.286. The van der Waals surface area contributed by atoms with Crippen LogP contribution in [-0.2, 0) is 0 Å². The third-order valence-electron chi connectivity index (χ3n) is 4.73. The Labute approximate surface area is 163 Å². The first kappa shape index (κ1) is 19.1. The Kier molecular flexibility index (Phi) is 5.91. The smallest absolute Gasteiger partial charge is 0.321 e. The number of halogens is 1. The van der Waals surface area contributed by atoms with E-state index in [2.05, 4.69) is 5.32 Å². The molecule has 1 saturated heterocycles. The third-order valence-corrected chi connectivity index (χ3v) is 4.98. The Morgan fingerprint density at radius 1 is 1.07 bits per heavy atom. The van der Waals surface area contributed by atoms with E-state index in [-0.39, 0.29) is 23.5 Å². The second-order valence-corrected chi connectivity index (χ2v) is 7.16. The van der Waals surface area contributed by atoms with Crippen LogP contribution in [0.3, 0.4) is 0 Å². The molecule has 1 heterocycles. The molecular formula is C21H21ClN2O3. The zero-order valence-corrected chi connectivity index (χ0v) is 15.8. The van der Waals surface area contributed by atoms with Crippen molar-refractivity contribution < 1.29 is 14.4 Å². The second kappa shape index (κ2) is 8.35. The van der Waals surface area contributed by atoms with Gasteiger partial charge in [0.15, 0.2) is 11.6 Å². The summed E-state index contributed by atoms with van der Waals surface area (Å²) in [5.41, 5.74) is 1.72. The van der Waals surface area contributed by atoms with Crippen molar-refractivity contribution in [1.82, 2.24) is 4.90 Å². The number of nitrogens with zero attached hydrogens (tertiary/aromatic N) is 1. The van der Waals surface area contributed by atoms with Gasteiger partial charge in [-0.1, -0.05) is 23.7 Å². The number of anilines is 1. The summed E-state index contributed by atoms with van der Waals surface area (Å²) in [5, 5.41) is 3.41. The van der Waals surface area contributed by atoms with E-state index in [1.807, 2.05) is 0 Å². The number of hydrogen-bond donors (Lipinski definition) is 1. The molecule has 27 heavy (non-hydrogen) atoms. The van der Waals surface area contributed by atoms with Crippen molar-refractivity contribution in [3.63, 3.8) is 0 Å². The van der Waals surface area contributed by atoms with Crippen molar-refractivity contribution >= 4 is 34.9 Å². The summed E-state index contributed by atoms with van der Waals surface area (Å²) in [7, 11) is 0. The number of Topliss-reactive ketones (excluding diaryl/α,β-unsaturated/α-hetero) is 2. The molecule has 0 aliphatic carbocycles. The molecule has 6 heteroatoms. The number of nitrogens with one attached hydrogen (secondary N) is 1. The van der Waals surface area contributed by atoms with E-state index in [0.717, 1.165) is 12.8 Å². The second-order valence-electron chi connectivity index (χ2n) is 6.72. The maximum Gasteiger partial charge on any atom is 0.321 e. The topological polar surface area (TPSA) is 66.5 Å². The van der Waals surface area contributed by atoms with Crippen molar-refractivity contribution in [1.29, 1.82) is 0 Å². The van der Waals surface area contributed by atoms with Crippen LogP contribution >= 0.6 is 11.6 Å². The SMILES string of the molecule is CC(=O)c1cccc(NC(=O)N2CCC[C@@H](C(=O)c3ccc(Cl)cc3)C2)c1. The highest BCUT2D eigenvalue weighted by molar-refractivity contribution is 6.30. The number of ketones is 2. The average molecular weight is 385 g/mol. The average Bonchev–Trinajstić information content (AvgIpc) is 2.68. The molecule has 0 saturated carbocycles. The monoisotopic (exact) mass is 384 g/mol. The van der Waals surface area contributed by atoms with Gasteiger partial charge in [-0.05, 0) is 56.2 Å². The van der Waals surface area contributed by atoms with Crippen molar-refractivity contribution in [2.75, 3.05) is 18.4 Å². The lowest BCUT2D eigenvalue weighted by Crippen LogP contribution is -2.44. The maximum atomic E-state index is 12.7. The van der Waals surface area contributed by atoms with Crippen molar-refractivity contribution in [3.05, 3.63) is 64.7 Å². The van der Waals surface area contributed by atoms with Crippen LogP contribution < -0.4 is 5.32 Å². The Morgan fingerprint density at radius 3 is 2.52 bits per heavy atom. The summed E-state index contributed by atoms with van der Waals surface area (Å²) in [6.45, 7) is 2.46. The predicted molar refractivity (Wildman–Crippen MR) is 106 cm³/mol. The molecular weight excluding hydrogens is 364 g/mol. The maximum absolute atomic E-state index is 12.7. The van der Waals surface area contributed by atoms with E-state index < -0.39 is 0 Å². The number of amides is 2. The first-order valence-corrected chi connectivity index (χ1v) is 9.28. The molecule has 1 aliphatic rings. The number of benzene rings is 2. The van der Waals surface area contributed by atoms with Crippen LogP contribution in [0.15, 0.2) is 48.5 Å². The van der Waals surface area contributed by atoms with Gasteiger partial charge in [0.25, 0.3) is 0 Å². The van der Waals surface area contributed by atoms with Gasteiger partial charge >= 0.3 is 6.03 Å². The number of urea groups is 1. The molecule has 5 nitrogen and oxygen atoms in total. The number of hydrogen-bond acceptors (Lipinski definition) is 3. The lowest BCUT2D eigenvalue weighted by atomic mass is 9.90. The molecule has 140 valence electrons. The first-order chi connectivity index (χ1) is 12.9. The minimum absolute atomic E-state index is 0.0303. The first-order valence-electron chi connectivity index (χ1n) is 8.91. The van der Waals surface area contributed by atoms with Crippen LogP contribution in [0.2, 0.25) is 5.02 Å². The number of carbonyl (C=O) groups is 3. The summed E-state index contributed by atoms with van der Waals surface area (Å²) < 4.78 is 0. The molecule has 2 amide bonds. The highest BCUT2D eigenvalue weighted by atomic mass is 35.5. The van der Waals surface area contributed by atoms with Gasteiger partial charge in [-0.2, -0.15) is 0 Å². The third kappa shape index (κ3) is 4.74. The Hall–Kier alpha value is -2.66. The van der Waals surface area contributed by atoms with Crippen LogP contribution in [0, 0.1) is 5.92 Å². The van der Waals surface area contributed by atoms with Crippen LogP contribution in [-0.4, -0.2) is 35.6 Å². The molecule has 1 aliphatic heterocycles. The lowest BCUT2D eigenvalue weighted by molar-refractivity contribution is 0.0851. The van der Waals surface area contributed by atoms with E-state index in [0.29, 0.717) is 34.9 Å². The quantitative estimate of drug-likeness (QED) is 0.779. The van der Waals surface area contributed by atoms with Gasteiger partial charge < -0.3 is 10.2 Å². The minimum atomic E-state index is -0.260. The molecule has 0 spiro atoms. The largest absolute Gasteiger partial charge is 0.324 e. The molecule has 0 aromatic heterocycles. The van der Waals surface area contributed by atoms with E-state index in [1.54, 1.807) is 53.4 Å². The van der Waals surface area contributed by atoms with Crippen LogP contribution in [0.5, 0.6) is 0 Å². The molecule has 2 aromatic rings. The highest BCUT2D eigenvalue weighted by Gasteiger charge is 2.29. The van der Waals surface area contributed by atoms with Crippen LogP contribution in [0.25, 0.3) is 0 Å². The van der Waals surface area contributed by atoms with E-state index in [1.165, 1.54) is 6.92 Å². The zero-order chi connectivity index (χ0) is 19.4. The van der Waals surface area contributed by atoms with Gasteiger partial charge in [0.1, 0.15) is 0 Å². The van der Waals surface area contributed by atoms with E-state index in [4.69, 9.17) is 11.6 Å². The molecule has 3 rings (SSSR count). The highest BCUT2D eigenvalue weighted by Crippen LogP contribution is 2.23. The zero-order valence-electron chi connectivity index (χ0n) is 15.1. The lowest BCUT2D eigenvalue weighted by Gasteiger charge is -2.32. The van der Waals surface area contributed by atoms with Crippen molar-refractivity contribution in [2.45, 2.75) is 19.8 Å². The Balaban J connectivity index is 1.66. The number of carbonyl (C=O) groups excluding carboxylic acids is 3. The van der Waals surface area contributed by atoms with Gasteiger partial charge in [-0.25, -0.2) is 4.79 Å². The summed E-state index contributed by atoms with van der Waals surface area (Å²) >= 11 is 5.88. The predicted octanol–water partition coefficient (Wildman–Crippen LogP) is 4.67. The van der Waals surface area contributed by atoms with E-state index >= 15 is 0 Å². The van der Waals surface area contributed by atoms with Gasteiger partial charge in [-0.3, -0.25) is 9.59 Å². The summed E-state index contributed by atoms with van der Waals surface area (Å²) in [5.74, 6) is -0.255. The van der Waals surface area contributed by atoms with Gasteiger partial charge in [0.2, 0.25) is 0 Å². The Bertz CT molecular complexity index is 864.